The number of nitrogens with zero attached hydrogens (tertiary/aromatic N) is 9. The quantitative estimate of drug-likeness (QED) is 0.366. The van der Waals surface area contributed by atoms with E-state index in [0.29, 0.717) is 31.6 Å². The average Bonchev–Trinajstić information content (AvgIpc) is 3.80. The first-order valence-corrected chi connectivity index (χ1v) is 14.6. The highest BCUT2D eigenvalue weighted by Gasteiger charge is 2.33. The Bertz CT molecular complexity index is 1550. The molecule has 0 bridgehead atoms. The summed E-state index contributed by atoms with van der Waals surface area (Å²) < 4.78 is 9.84. The van der Waals surface area contributed by atoms with Crippen LogP contribution in [-0.4, -0.2) is 97.3 Å². The summed E-state index contributed by atoms with van der Waals surface area (Å²) in [6, 6.07) is 8.15. The number of benzene rings is 1. The van der Waals surface area contributed by atoms with Gasteiger partial charge >= 0.3 is 0 Å². The molecule has 3 fully saturated rings. The number of ether oxygens (including phenoxy) is 1. The molecule has 0 unspecified atom stereocenters. The minimum absolute atomic E-state index is 0.0880. The van der Waals surface area contributed by atoms with Crippen LogP contribution >= 0.6 is 0 Å². The normalized spacial score (nSPS) is 20.4. The fourth-order valence-corrected chi connectivity index (χ4v) is 6.43. The average molecular weight is 544 g/mol. The molecule has 1 amide bonds. The molecule has 0 saturated carbocycles. The number of aromatic nitrogens is 6. The van der Waals surface area contributed by atoms with E-state index in [0.717, 1.165) is 105 Å². The minimum atomic E-state index is 0.0880. The number of hydrogen-bond acceptors (Lipinski definition) is 8. The number of likely N-dealkylation sites (tertiary alicyclic amines) is 2. The molecule has 7 rings (SSSR count). The molecule has 0 spiro atoms. The van der Waals surface area contributed by atoms with Gasteiger partial charge in [0.25, 0.3) is 0 Å². The van der Waals surface area contributed by atoms with Crippen LogP contribution in [0, 0.1) is 5.92 Å². The second kappa shape index (κ2) is 10.4. The molecule has 210 valence electrons. The van der Waals surface area contributed by atoms with Crippen LogP contribution < -0.4 is 4.90 Å². The van der Waals surface area contributed by atoms with Gasteiger partial charge in [-0.1, -0.05) is 19.1 Å². The summed E-state index contributed by atoms with van der Waals surface area (Å²) in [5.41, 5.74) is 3.56. The predicted molar refractivity (Wildman–Crippen MR) is 153 cm³/mol. The molecule has 3 aliphatic rings. The molecule has 40 heavy (non-hydrogen) atoms. The second-order valence-electron chi connectivity index (χ2n) is 11.2. The van der Waals surface area contributed by atoms with Gasteiger partial charge in [-0.3, -0.25) is 14.3 Å². The Morgan fingerprint density at radius 1 is 0.975 bits per heavy atom. The molecule has 11 heteroatoms. The molecule has 1 aromatic carbocycles. The molecule has 0 aliphatic carbocycles. The number of para-hydroxylation sites is 2. The monoisotopic (exact) mass is 543 g/mol. The summed E-state index contributed by atoms with van der Waals surface area (Å²) in [6.07, 6.45) is 3.94. The van der Waals surface area contributed by atoms with Crippen molar-refractivity contribution >= 4 is 33.9 Å². The highest BCUT2D eigenvalue weighted by Crippen LogP contribution is 2.30. The number of amides is 1. The Hall–Kier alpha value is -3.57. The number of imidazole rings is 2. The smallest absolute Gasteiger partial charge is 0.239 e. The Morgan fingerprint density at radius 3 is 2.58 bits per heavy atom. The Balaban J connectivity index is 1.26. The summed E-state index contributed by atoms with van der Waals surface area (Å²) in [5.74, 6) is 3.75. The van der Waals surface area contributed by atoms with Crippen molar-refractivity contribution < 1.29 is 9.53 Å². The van der Waals surface area contributed by atoms with E-state index in [1.807, 2.05) is 25.2 Å². The Labute approximate surface area is 233 Å². The van der Waals surface area contributed by atoms with Crippen molar-refractivity contribution in [1.82, 2.24) is 38.9 Å². The van der Waals surface area contributed by atoms with Crippen molar-refractivity contribution in [3.05, 3.63) is 35.9 Å². The maximum absolute atomic E-state index is 13.0. The van der Waals surface area contributed by atoms with E-state index in [1.165, 1.54) is 0 Å². The number of morpholine rings is 1. The van der Waals surface area contributed by atoms with Crippen molar-refractivity contribution in [3.8, 4) is 5.95 Å². The van der Waals surface area contributed by atoms with Gasteiger partial charge in [0.05, 0.1) is 36.7 Å². The predicted octanol–water partition coefficient (Wildman–Crippen LogP) is 2.55. The van der Waals surface area contributed by atoms with Crippen LogP contribution in [0.25, 0.3) is 28.1 Å². The molecular weight excluding hydrogens is 506 g/mol. The van der Waals surface area contributed by atoms with Crippen molar-refractivity contribution in [2.75, 3.05) is 57.4 Å². The van der Waals surface area contributed by atoms with E-state index < -0.39 is 0 Å². The van der Waals surface area contributed by atoms with Crippen LogP contribution in [0.4, 0.5) is 5.82 Å². The van der Waals surface area contributed by atoms with Gasteiger partial charge in [0.1, 0.15) is 11.6 Å². The number of anilines is 1. The van der Waals surface area contributed by atoms with E-state index in [1.54, 1.807) is 0 Å². The number of aryl methyl sites for hydroxylation is 2. The third kappa shape index (κ3) is 4.41. The summed E-state index contributed by atoms with van der Waals surface area (Å²) >= 11 is 0. The van der Waals surface area contributed by atoms with Gasteiger partial charge in [-0.2, -0.15) is 9.97 Å². The van der Waals surface area contributed by atoms with Gasteiger partial charge in [-0.25, -0.2) is 9.97 Å². The largest absolute Gasteiger partial charge is 0.378 e. The van der Waals surface area contributed by atoms with E-state index in [4.69, 9.17) is 24.7 Å². The fourth-order valence-electron chi connectivity index (χ4n) is 6.43. The summed E-state index contributed by atoms with van der Waals surface area (Å²) in [7, 11) is 2.04. The molecule has 1 atom stereocenters. The SMILES string of the molecule is CCc1nc2ccccc2n1-c1nc(N2CCOCC2)c2nc(CN3CC[C@@H](C(=O)N4CCCC4)C3)n(C)c2n1. The lowest BCUT2D eigenvalue weighted by molar-refractivity contribution is -0.134. The Morgan fingerprint density at radius 2 is 1.77 bits per heavy atom. The highest BCUT2D eigenvalue weighted by atomic mass is 16.5. The van der Waals surface area contributed by atoms with E-state index in [-0.39, 0.29) is 5.92 Å². The summed E-state index contributed by atoms with van der Waals surface area (Å²) in [6.45, 7) is 9.15. The van der Waals surface area contributed by atoms with Crippen LogP contribution in [0.15, 0.2) is 24.3 Å². The number of fused-ring (bicyclic) bond motifs is 2. The first-order chi connectivity index (χ1) is 19.6. The first kappa shape index (κ1) is 25.4. The van der Waals surface area contributed by atoms with Gasteiger partial charge in [0, 0.05) is 46.2 Å². The zero-order valence-electron chi connectivity index (χ0n) is 23.4. The molecule has 0 N–H and O–H groups in total. The molecule has 4 aromatic rings. The molecule has 3 saturated heterocycles. The van der Waals surface area contributed by atoms with Crippen LogP contribution in [0.3, 0.4) is 0 Å². The zero-order valence-corrected chi connectivity index (χ0v) is 23.4. The lowest BCUT2D eigenvalue weighted by Gasteiger charge is -2.28. The number of carbonyl (C=O) groups is 1. The summed E-state index contributed by atoms with van der Waals surface area (Å²) in [5, 5.41) is 0. The van der Waals surface area contributed by atoms with Crippen LogP contribution in [-0.2, 0) is 29.5 Å². The van der Waals surface area contributed by atoms with E-state index in [2.05, 4.69) is 36.8 Å². The number of hydrogen-bond donors (Lipinski definition) is 0. The molecule has 0 radical (unpaired) electrons. The molecule has 11 nitrogen and oxygen atoms in total. The van der Waals surface area contributed by atoms with Gasteiger partial charge in [0.2, 0.25) is 11.9 Å². The zero-order chi connectivity index (χ0) is 27.2. The lowest BCUT2D eigenvalue weighted by Crippen LogP contribution is -2.37. The van der Waals surface area contributed by atoms with Crippen LogP contribution in [0.1, 0.15) is 37.8 Å². The first-order valence-electron chi connectivity index (χ1n) is 14.6. The van der Waals surface area contributed by atoms with Crippen molar-refractivity contribution in [2.45, 2.75) is 39.2 Å². The minimum Gasteiger partial charge on any atom is -0.378 e. The van der Waals surface area contributed by atoms with Gasteiger partial charge in [0.15, 0.2) is 17.0 Å². The lowest BCUT2D eigenvalue weighted by atomic mass is 10.1. The maximum atomic E-state index is 13.0. The molecular formula is C29H37N9O2. The standard InChI is InChI=1S/C29H37N9O2/c1-3-23-30-21-8-4-5-9-22(21)38(23)29-32-26-25(27(33-29)36-14-16-40-17-15-36)31-24(34(26)2)19-35-13-10-20(18-35)28(39)37-11-6-7-12-37/h4-5,8-9,20H,3,6-7,10-19H2,1-2H3/t20-/m1/s1. The van der Waals surface area contributed by atoms with Gasteiger partial charge in [-0.15, -0.1) is 0 Å². The third-order valence-electron chi connectivity index (χ3n) is 8.64. The van der Waals surface area contributed by atoms with Crippen molar-refractivity contribution in [1.29, 1.82) is 0 Å². The topological polar surface area (TPSA) is 97.4 Å². The van der Waals surface area contributed by atoms with Gasteiger partial charge < -0.3 is 19.1 Å². The Kier molecular flexibility index (Phi) is 6.63. The maximum Gasteiger partial charge on any atom is 0.239 e. The van der Waals surface area contributed by atoms with E-state index >= 15 is 0 Å². The van der Waals surface area contributed by atoms with E-state index in [9.17, 15) is 4.79 Å². The van der Waals surface area contributed by atoms with Crippen LogP contribution in [0.2, 0.25) is 0 Å². The molecule has 3 aromatic heterocycles. The summed E-state index contributed by atoms with van der Waals surface area (Å²) in [4.78, 5) is 39.9. The van der Waals surface area contributed by atoms with Crippen molar-refractivity contribution in [3.63, 3.8) is 0 Å². The van der Waals surface area contributed by atoms with Crippen LogP contribution in [0.5, 0.6) is 0 Å². The second-order valence-corrected chi connectivity index (χ2v) is 11.2. The fraction of sp³-hybridized carbons (Fsp3) is 0.552. The van der Waals surface area contributed by atoms with Crippen molar-refractivity contribution in [2.24, 2.45) is 13.0 Å². The number of rotatable bonds is 6. The molecule has 3 aliphatic heterocycles. The number of carbonyl (C=O) groups excluding carboxylic acids is 1. The molecule has 6 heterocycles. The highest BCUT2D eigenvalue weighted by molar-refractivity contribution is 5.86. The third-order valence-corrected chi connectivity index (χ3v) is 8.64. The van der Waals surface area contributed by atoms with Gasteiger partial charge in [-0.05, 0) is 37.9 Å².